The average Bonchev–Trinajstić information content (AvgIpc) is 3.59. The van der Waals surface area contributed by atoms with Crippen molar-refractivity contribution < 1.29 is 28.6 Å². The molecule has 9 nitrogen and oxygen atoms in total. The van der Waals surface area contributed by atoms with Gasteiger partial charge in [-0.1, -0.05) is 60.7 Å². The van der Waals surface area contributed by atoms with Crippen LogP contribution < -0.4 is 15.0 Å². The maximum atomic E-state index is 13.7. The van der Waals surface area contributed by atoms with Crippen LogP contribution >= 0.6 is 0 Å². The zero-order valence-corrected chi connectivity index (χ0v) is 23.7. The first-order valence-electron chi connectivity index (χ1n) is 14.0. The molecule has 5 aromatic rings. The van der Waals surface area contributed by atoms with E-state index in [1.54, 1.807) is 42.5 Å². The minimum Gasteiger partial charge on any atom is -0.492 e. The number of carbonyl (C=O) groups is 2. The Hall–Kier alpha value is -5.15. The topological polar surface area (TPSA) is 114 Å². The Morgan fingerprint density at radius 3 is 2.51 bits per heavy atom. The SMILES string of the molecule is COC(=O)C1(Cc2ccc(OCCN(C)c3nc4ccccc4o3)cc2)Nc2cccc3c2C1(O)c1ccccc1C3=O. The molecule has 1 aliphatic carbocycles. The van der Waals surface area contributed by atoms with Gasteiger partial charge in [-0.05, 0) is 35.9 Å². The van der Waals surface area contributed by atoms with Crippen LogP contribution in [0.15, 0.2) is 95.4 Å². The van der Waals surface area contributed by atoms with E-state index in [1.807, 2.05) is 60.5 Å². The molecule has 7 rings (SSSR count). The lowest BCUT2D eigenvalue weighted by atomic mass is 9.65. The zero-order chi connectivity index (χ0) is 29.8. The fraction of sp³-hybridized carbons (Fsp3) is 0.206. The largest absolute Gasteiger partial charge is 0.492 e. The third kappa shape index (κ3) is 3.99. The number of ketones is 1. The van der Waals surface area contributed by atoms with Gasteiger partial charge in [0.05, 0.1) is 13.7 Å². The molecule has 216 valence electrons. The van der Waals surface area contributed by atoms with Crippen LogP contribution in [0.1, 0.15) is 32.6 Å². The molecule has 0 fully saturated rings. The van der Waals surface area contributed by atoms with Crippen LogP contribution in [0.2, 0.25) is 0 Å². The molecular weight excluding hydrogens is 546 g/mol. The van der Waals surface area contributed by atoms with Crippen molar-refractivity contribution in [3.8, 4) is 5.75 Å². The van der Waals surface area contributed by atoms with E-state index in [-0.39, 0.29) is 12.2 Å². The number of ether oxygens (including phenoxy) is 2. The fourth-order valence-electron chi connectivity index (χ4n) is 6.32. The predicted molar refractivity (Wildman–Crippen MR) is 161 cm³/mol. The molecule has 0 bridgehead atoms. The van der Waals surface area contributed by atoms with E-state index in [0.29, 0.717) is 52.9 Å². The van der Waals surface area contributed by atoms with Gasteiger partial charge in [-0.25, -0.2) is 4.79 Å². The van der Waals surface area contributed by atoms with Crippen molar-refractivity contribution in [3.63, 3.8) is 0 Å². The number of para-hydroxylation sites is 2. The number of nitrogens with one attached hydrogen (secondary N) is 1. The second-order valence-electron chi connectivity index (χ2n) is 10.9. The van der Waals surface area contributed by atoms with Gasteiger partial charge in [-0.15, -0.1) is 0 Å². The molecule has 0 radical (unpaired) electrons. The molecule has 2 heterocycles. The summed E-state index contributed by atoms with van der Waals surface area (Å²) >= 11 is 0. The number of aliphatic hydroxyl groups is 1. The molecule has 43 heavy (non-hydrogen) atoms. The quantitative estimate of drug-likeness (QED) is 0.254. The maximum absolute atomic E-state index is 13.7. The summed E-state index contributed by atoms with van der Waals surface area (Å²) in [4.78, 5) is 33.5. The van der Waals surface area contributed by atoms with Crippen LogP contribution in [0.4, 0.5) is 11.7 Å². The van der Waals surface area contributed by atoms with Crippen LogP contribution in [-0.2, 0) is 21.6 Å². The fourth-order valence-corrected chi connectivity index (χ4v) is 6.32. The summed E-state index contributed by atoms with van der Waals surface area (Å²) in [6, 6.07) is 27.6. The number of fused-ring (bicyclic) bond motifs is 3. The van der Waals surface area contributed by atoms with Gasteiger partial charge in [-0.2, -0.15) is 4.98 Å². The molecular formula is C34H29N3O6. The summed E-state index contributed by atoms with van der Waals surface area (Å²) in [6.45, 7) is 0.945. The van der Waals surface area contributed by atoms with Crippen molar-refractivity contribution in [2.24, 2.45) is 0 Å². The van der Waals surface area contributed by atoms with Gasteiger partial charge in [0.15, 0.2) is 22.5 Å². The maximum Gasteiger partial charge on any atom is 0.335 e. The number of hydrogen-bond acceptors (Lipinski definition) is 9. The first-order chi connectivity index (χ1) is 20.9. The van der Waals surface area contributed by atoms with E-state index >= 15 is 0 Å². The summed E-state index contributed by atoms with van der Waals surface area (Å²) in [5, 5.41) is 15.9. The highest BCUT2D eigenvalue weighted by Crippen LogP contribution is 2.56. The molecule has 4 aromatic carbocycles. The van der Waals surface area contributed by atoms with E-state index in [4.69, 9.17) is 13.9 Å². The Bertz CT molecular complexity index is 1850. The molecule has 2 N–H and O–H groups in total. The van der Waals surface area contributed by atoms with E-state index in [9.17, 15) is 14.7 Å². The average molecular weight is 576 g/mol. The smallest absolute Gasteiger partial charge is 0.335 e. The van der Waals surface area contributed by atoms with Crippen molar-refractivity contribution in [1.29, 1.82) is 0 Å². The van der Waals surface area contributed by atoms with Gasteiger partial charge >= 0.3 is 5.97 Å². The van der Waals surface area contributed by atoms with Crippen molar-refractivity contribution in [2.75, 3.05) is 37.5 Å². The summed E-state index contributed by atoms with van der Waals surface area (Å²) < 4.78 is 17.1. The molecule has 1 aliphatic heterocycles. The van der Waals surface area contributed by atoms with Gasteiger partial charge in [0.1, 0.15) is 17.9 Å². The molecule has 2 aliphatic rings. The van der Waals surface area contributed by atoms with Gasteiger partial charge in [0, 0.05) is 41.4 Å². The molecule has 9 heteroatoms. The number of likely N-dealkylation sites (N-methyl/N-ethyl adjacent to an activating group) is 1. The number of nitrogens with zero attached hydrogens (tertiary/aromatic N) is 2. The van der Waals surface area contributed by atoms with Crippen LogP contribution in [-0.4, -0.2) is 54.7 Å². The van der Waals surface area contributed by atoms with E-state index in [0.717, 1.165) is 16.7 Å². The number of anilines is 2. The van der Waals surface area contributed by atoms with Crippen LogP contribution in [0.5, 0.6) is 5.75 Å². The normalized spacial score (nSPS) is 19.8. The third-order valence-electron chi connectivity index (χ3n) is 8.43. The Morgan fingerprint density at radius 1 is 0.977 bits per heavy atom. The van der Waals surface area contributed by atoms with Crippen molar-refractivity contribution >= 4 is 34.6 Å². The summed E-state index contributed by atoms with van der Waals surface area (Å²) in [7, 11) is 3.19. The van der Waals surface area contributed by atoms with Crippen LogP contribution in [0.3, 0.4) is 0 Å². The predicted octanol–water partition coefficient (Wildman–Crippen LogP) is 4.70. The highest BCUT2D eigenvalue weighted by Gasteiger charge is 2.66. The van der Waals surface area contributed by atoms with Crippen molar-refractivity contribution in [1.82, 2.24) is 4.98 Å². The molecule has 0 saturated carbocycles. The number of aromatic nitrogens is 1. The highest BCUT2D eigenvalue weighted by atomic mass is 16.5. The highest BCUT2D eigenvalue weighted by molar-refractivity contribution is 6.15. The summed E-state index contributed by atoms with van der Waals surface area (Å²) in [5.41, 5.74) is 0.849. The van der Waals surface area contributed by atoms with Crippen LogP contribution in [0.25, 0.3) is 11.1 Å². The second kappa shape index (κ2) is 9.99. The van der Waals surface area contributed by atoms with E-state index in [2.05, 4.69) is 10.3 Å². The summed E-state index contributed by atoms with van der Waals surface area (Å²) in [6.07, 6.45) is 0.0908. The lowest BCUT2D eigenvalue weighted by molar-refractivity contribution is -0.154. The molecule has 2 unspecified atom stereocenters. The van der Waals surface area contributed by atoms with Gasteiger partial charge < -0.3 is 29.2 Å². The summed E-state index contributed by atoms with van der Waals surface area (Å²) in [5.74, 6) is -0.175. The lowest BCUT2D eigenvalue weighted by Crippen LogP contribution is -2.62. The lowest BCUT2D eigenvalue weighted by Gasteiger charge is -2.43. The minimum absolute atomic E-state index is 0.0908. The molecule has 1 aromatic heterocycles. The number of rotatable bonds is 8. The number of hydrogen-bond donors (Lipinski definition) is 2. The van der Waals surface area contributed by atoms with Crippen molar-refractivity contribution in [2.45, 2.75) is 17.6 Å². The van der Waals surface area contributed by atoms with E-state index < -0.39 is 17.1 Å². The van der Waals surface area contributed by atoms with Gasteiger partial charge in [0.25, 0.3) is 6.01 Å². The monoisotopic (exact) mass is 575 g/mol. The zero-order valence-electron chi connectivity index (χ0n) is 23.7. The number of oxazole rings is 1. The van der Waals surface area contributed by atoms with Crippen LogP contribution in [0, 0.1) is 0 Å². The minimum atomic E-state index is -1.85. The van der Waals surface area contributed by atoms with E-state index in [1.165, 1.54) is 7.11 Å². The number of benzene rings is 4. The molecule has 0 saturated heterocycles. The first-order valence-corrected chi connectivity index (χ1v) is 14.0. The Kier molecular flexibility index (Phi) is 6.21. The Labute approximate surface area is 247 Å². The Morgan fingerprint density at radius 2 is 1.72 bits per heavy atom. The number of methoxy groups -OCH3 is 1. The van der Waals surface area contributed by atoms with Gasteiger partial charge in [-0.3, -0.25) is 4.79 Å². The molecule has 0 amide bonds. The number of carbonyl (C=O) groups excluding carboxylic acids is 2. The third-order valence-corrected chi connectivity index (χ3v) is 8.43. The standard InChI is InChI=1S/C34H29N3O6/c1-37(32-35-26-11-5-6-13-28(26)43-32)18-19-42-22-16-14-21(15-17-22)20-33(31(39)41-2)34(40)25-10-4-3-8-23(25)30(38)24-9-7-12-27(36-33)29(24)34/h3-17,36,40H,18-20H2,1-2H3. The first kappa shape index (κ1) is 26.7. The van der Waals surface area contributed by atoms with Crippen molar-refractivity contribution in [3.05, 3.63) is 119 Å². The molecule has 0 spiro atoms. The number of esters is 1. The second-order valence-corrected chi connectivity index (χ2v) is 10.9. The Balaban J connectivity index is 1.13. The molecule has 2 atom stereocenters. The van der Waals surface area contributed by atoms with Gasteiger partial charge in [0.2, 0.25) is 0 Å².